The molecule has 2 aromatic heterocycles. The Morgan fingerprint density at radius 3 is 2.56 bits per heavy atom. The number of halogens is 2. The molecule has 0 saturated carbocycles. The highest BCUT2D eigenvalue weighted by atomic mass is 32.2. The number of fused-ring (bicyclic) bond motifs is 1. The molecule has 3 aromatic rings. The molecule has 0 radical (unpaired) electrons. The first-order valence-electron chi connectivity index (χ1n) is 12.0. The van der Waals surface area contributed by atoms with Crippen molar-refractivity contribution < 1.29 is 42.8 Å². The third kappa shape index (κ3) is 6.09. The van der Waals surface area contributed by atoms with Crippen molar-refractivity contribution in [3.63, 3.8) is 0 Å². The van der Waals surface area contributed by atoms with Crippen LogP contribution in [0.5, 0.6) is 5.75 Å². The number of thioether (sulfide) groups is 1. The zero-order valence-electron chi connectivity index (χ0n) is 21.3. The molecule has 1 aliphatic heterocycles. The lowest BCUT2D eigenvalue weighted by Crippen LogP contribution is -2.26. The Hall–Kier alpha value is -3.84. The molecule has 1 aromatic carbocycles. The summed E-state index contributed by atoms with van der Waals surface area (Å²) in [6.07, 6.45) is 2.54. The van der Waals surface area contributed by atoms with Gasteiger partial charge in [-0.2, -0.15) is 8.78 Å². The van der Waals surface area contributed by atoms with Gasteiger partial charge in [0.2, 0.25) is 5.88 Å². The van der Waals surface area contributed by atoms with Crippen molar-refractivity contribution in [1.82, 2.24) is 14.3 Å². The van der Waals surface area contributed by atoms with E-state index in [0.29, 0.717) is 23.4 Å². The number of aromatic nitrogens is 2. The molecule has 0 fully saturated rings. The lowest BCUT2D eigenvalue weighted by atomic mass is 10.1. The number of hydrogen-bond donors (Lipinski definition) is 2. The number of alkyl halides is 2. The van der Waals surface area contributed by atoms with E-state index >= 15 is 0 Å². The number of aliphatic hydroxyl groups excluding tert-OH is 1. The van der Waals surface area contributed by atoms with Gasteiger partial charge in [0.1, 0.15) is 29.5 Å². The second-order valence-electron chi connectivity index (χ2n) is 8.59. The van der Waals surface area contributed by atoms with Crippen LogP contribution in [0.2, 0.25) is 0 Å². The molecule has 0 spiro atoms. The number of aliphatic carboxylic acids is 1. The predicted molar refractivity (Wildman–Crippen MR) is 137 cm³/mol. The third-order valence-electron chi connectivity index (χ3n) is 6.00. The molecule has 39 heavy (non-hydrogen) atoms. The Kier molecular flexibility index (Phi) is 8.60. The summed E-state index contributed by atoms with van der Waals surface area (Å²) in [5.41, 5.74) is 2.64. The van der Waals surface area contributed by atoms with Crippen molar-refractivity contribution in [2.45, 2.75) is 52.1 Å². The van der Waals surface area contributed by atoms with Crippen molar-refractivity contribution in [2.75, 3.05) is 6.54 Å². The standard InChI is InChI=1S/C26H27F2N3O7S/c1-4-30-23(37-14(2)18-7-5-16(12-32)9-20(18)38-26(27)28)22(25(34)35)39-24(30)19-10-29-21-8-6-17(11-31(19)21)13-36-15(3)33/h5-11,14,24,26,32H,4,12-13H2,1-3H3,(H,34,35)/t14-,24?/m1/s1. The topological polar surface area (TPSA) is 123 Å². The Morgan fingerprint density at radius 2 is 1.92 bits per heavy atom. The number of imidazole rings is 1. The van der Waals surface area contributed by atoms with Crippen LogP contribution in [0.25, 0.3) is 5.65 Å². The first-order valence-corrected chi connectivity index (χ1v) is 12.9. The number of rotatable bonds is 11. The third-order valence-corrected chi connectivity index (χ3v) is 7.30. The van der Waals surface area contributed by atoms with E-state index in [2.05, 4.69) is 9.72 Å². The zero-order chi connectivity index (χ0) is 28.3. The Bertz CT molecular complexity index is 1410. The molecule has 1 unspecified atom stereocenters. The highest BCUT2D eigenvalue weighted by molar-refractivity contribution is 8.04. The number of hydrogen-bond acceptors (Lipinski definition) is 9. The number of pyridine rings is 1. The van der Waals surface area contributed by atoms with Crippen LogP contribution in [0, 0.1) is 0 Å². The van der Waals surface area contributed by atoms with Crippen molar-refractivity contribution in [1.29, 1.82) is 0 Å². The SMILES string of the molecule is CCN1C(O[C@H](C)c2ccc(CO)cc2OC(F)F)=C(C(=O)O)SC1c1cnc2ccc(COC(C)=O)cn12. The molecule has 1 aliphatic rings. The summed E-state index contributed by atoms with van der Waals surface area (Å²) < 4.78 is 43.8. The highest BCUT2D eigenvalue weighted by Crippen LogP contribution is 2.49. The van der Waals surface area contributed by atoms with Crippen molar-refractivity contribution in [3.8, 4) is 5.75 Å². The summed E-state index contributed by atoms with van der Waals surface area (Å²) >= 11 is 1.06. The summed E-state index contributed by atoms with van der Waals surface area (Å²) in [7, 11) is 0. The molecule has 3 heterocycles. The van der Waals surface area contributed by atoms with E-state index in [0.717, 1.165) is 17.3 Å². The van der Waals surface area contributed by atoms with E-state index in [1.54, 1.807) is 46.8 Å². The minimum atomic E-state index is -3.10. The fourth-order valence-electron chi connectivity index (χ4n) is 4.19. The molecule has 0 aliphatic carbocycles. The Morgan fingerprint density at radius 1 is 1.18 bits per heavy atom. The fourth-order valence-corrected chi connectivity index (χ4v) is 5.45. The van der Waals surface area contributed by atoms with E-state index in [1.807, 2.05) is 6.92 Å². The molecular weight excluding hydrogens is 536 g/mol. The zero-order valence-corrected chi connectivity index (χ0v) is 22.2. The fraction of sp³-hybridized carbons (Fsp3) is 0.346. The van der Waals surface area contributed by atoms with Crippen molar-refractivity contribution >= 4 is 29.3 Å². The van der Waals surface area contributed by atoms with Crippen LogP contribution in [0.3, 0.4) is 0 Å². The lowest BCUT2D eigenvalue weighted by molar-refractivity contribution is -0.142. The van der Waals surface area contributed by atoms with Crippen LogP contribution in [-0.2, 0) is 32.3 Å². The summed E-state index contributed by atoms with van der Waals surface area (Å²) in [6.45, 7) is 1.72. The Labute approximate surface area is 226 Å². The maximum atomic E-state index is 13.1. The van der Waals surface area contributed by atoms with Gasteiger partial charge in [-0.15, -0.1) is 0 Å². The largest absolute Gasteiger partial charge is 0.477 e. The van der Waals surface area contributed by atoms with Crippen LogP contribution >= 0.6 is 11.8 Å². The van der Waals surface area contributed by atoms with Crippen LogP contribution in [0.4, 0.5) is 8.78 Å². The highest BCUT2D eigenvalue weighted by Gasteiger charge is 2.40. The molecule has 0 amide bonds. The molecule has 13 heteroatoms. The van der Waals surface area contributed by atoms with Gasteiger partial charge in [0, 0.05) is 30.8 Å². The van der Waals surface area contributed by atoms with Gasteiger partial charge in [-0.1, -0.05) is 30.0 Å². The number of carboxylic acid groups (broad SMARTS) is 1. The van der Waals surface area contributed by atoms with Crippen LogP contribution in [0.1, 0.15) is 54.6 Å². The average Bonchev–Trinajstić information content (AvgIpc) is 3.47. The maximum Gasteiger partial charge on any atom is 0.387 e. The number of carboxylic acids is 1. The van der Waals surface area contributed by atoms with Gasteiger partial charge < -0.3 is 33.7 Å². The van der Waals surface area contributed by atoms with Gasteiger partial charge in [0.25, 0.3) is 0 Å². The first kappa shape index (κ1) is 28.2. The van der Waals surface area contributed by atoms with E-state index in [-0.39, 0.29) is 35.3 Å². The number of nitrogens with zero attached hydrogens (tertiary/aromatic N) is 3. The molecule has 2 atom stereocenters. The van der Waals surface area contributed by atoms with Gasteiger partial charge in [0.05, 0.1) is 18.5 Å². The average molecular weight is 564 g/mol. The minimum Gasteiger partial charge on any atom is -0.477 e. The van der Waals surface area contributed by atoms with Gasteiger partial charge in [-0.3, -0.25) is 4.79 Å². The lowest BCUT2D eigenvalue weighted by Gasteiger charge is -2.29. The molecule has 0 saturated heterocycles. The molecule has 10 nitrogen and oxygen atoms in total. The molecule has 0 bridgehead atoms. The van der Waals surface area contributed by atoms with E-state index in [4.69, 9.17) is 9.47 Å². The number of carbonyl (C=O) groups is 2. The normalized spacial score (nSPS) is 16.2. The summed E-state index contributed by atoms with van der Waals surface area (Å²) in [5.74, 6) is -1.71. The summed E-state index contributed by atoms with van der Waals surface area (Å²) in [5, 5.41) is 18.9. The number of carbonyl (C=O) groups excluding carboxylic acids is 1. The maximum absolute atomic E-state index is 13.1. The molecule has 2 N–H and O–H groups in total. The van der Waals surface area contributed by atoms with Gasteiger partial charge in [-0.05, 0) is 31.5 Å². The van der Waals surface area contributed by atoms with E-state index in [1.165, 1.54) is 19.1 Å². The second kappa shape index (κ2) is 11.9. The van der Waals surface area contributed by atoms with Crippen molar-refractivity contribution in [3.05, 3.63) is 75.9 Å². The van der Waals surface area contributed by atoms with Crippen molar-refractivity contribution in [2.24, 2.45) is 0 Å². The van der Waals surface area contributed by atoms with E-state index < -0.39 is 30.0 Å². The first-order chi connectivity index (χ1) is 18.6. The number of aliphatic hydroxyl groups is 1. The monoisotopic (exact) mass is 563 g/mol. The van der Waals surface area contributed by atoms with Crippen LogP contribution in [-0.4, -0.2) is 49.6 Å². The molecule has 4 rings (SSSR count). The summed E-state index contributed by atoms with van der Waals surface area (Å²) in [4.78, 5) is 29.6. The predicted octanol–water partition coefficient (Wildman–Crippen LogP) is 4.59. The number of esters is 1. The second-order valence-corrected chi connectivity index (χ2v) is 9.68. The van der Waals surface area contributed by atoms with Crippen LogP contribution < -0.4 is 4.74 Å². The number of ether oxygens (including phenoxy) is 3. The van der Waals surface area contributed by atoms with Gasteiger partial charge >= 0.3 is 18.6 Å². The number of benzene rings is 1. The van der Waals surface area contributed by atoms with Crippen LogP contribution in [0.15, 0.2) is 53.5 Å². The Balaban J connectivity index is 1.67. The van der Waals surface area contributed by atoms with Gasteiger partial charge in [-0.25, -0.2) is 9.78 Å². The minimum absolute atomic E-state index is 0.0528. The van der Waals surface area contributed by atoms with E-state index in [9.17, 15) is 28.6 Å². The summed E-state index contributed by atoms with van der Waals surface area (Å²) in [6, 6.07) is 7.90. The molecular formula is C26H27F2N3O7S. The quantitative estimate of drug-likeness (QED) is 0.320. The smallest absolute Gasteiger partial charge is 0.387 e. The molecule has 208 valence electrons. The van der Waals surface area contributed by atoms with Gasteiger partial charge in [0.15, 0.2) is 4.91 Å².